The standard InChI is InChI=1S/C14H22N2O4S/c1-9-5-13(20-2)14(7-12(9)15)21(18,19)16-8-10-3-4-11(17)6-10/h5,7,10-11,16-17H,3-4,6,8,15H2,1-2H3. The van der Waals surface area contributed by atoms with Crippen LogP contribution in [0.25, 0.3) is 0 Å². The van der Waals surface area contributed by atoms with Crippen LogP contribution in [-0.2, 0) is 10.0 Å². The van der Waals surface area contributed by atoms with Gasteiger partial charge in [-0.1, -0.05) is 0 Å². The number of sulfonamides is 1. The molecule has 1 aliphatic carbocycles. The van der Waals surface area contributed by atoms with Gasteiger partial charge in [-0.3, -0.25) is 0 Å². The smallest absolute Gasteiger partial charge is 0.244 e. The van der Waals surface area contributed by atoms with E-state index < -0.39 is 10.0 Å². The summed E-state index contributed by atoms with van der Waals surface area (Å²) >= 11 is 0. The van der Waals surface area contributed by atoms with Crippen molar-refractivity contribution >= 4 is 15.7 Å². The largest absolute Gasteiger partial charge is 0.495 e. The van der Waals surface area contributed by atoms with Gasteiger partial charge >= 0.3 is 0 Å². The summed E-state index contributed by atoms with van der Waals surface area (Å²) in [6.45, 7) is 2.11. The molecule has 1 fully saturated rings. The van der Waals surface area contributed by atoms with Crippen LogP contribution < -0.4 is 15.2 Å². The summed E-state index contributed by atoms with van der Waals surface area (Å²) in [4.78, 5) is 0.0478. The second-order valence-electron chi connectivity index (χ2n) is 5.54. The molecule has 0 amide bonds. The number of rotatable bonds is 5. The lowest BCUT2D eigenvalue weighted by molar-refractivity contribution is 0.178. The molecule has 0 radical (unpaired) electrons. The molecule has 1 aromatic rings. The minimum atomic E-state index is -3.68. The first kappa shape index (κ1) is 16.1. The molecule has 1 aromatic carbocycles. The summed E-state index contributed by atoms with van der Waals surface area (Å²) in [5.41, 5.74) is 6.97. The Balaban J connectivity index is 2.17. The summed E-state index contributed by atoms with van der Waals surface area (Å²) < 4.78 is 32.5. The maximum absolute atomic E-state index is 12.4. The number of anilines is 1. The van der Waals surface area contributed by atoms with Crippen molar-refractivity contribution in [1.29, 1.82) is 0 Å². The van der Waals surface area contributed by atoms with Gasteiger partial charge in [0.2, 0.25) is 10.0 Å². The third-order valence-electron chi connectivity index (χ3n) is 3.92. The van der Waals surface area contributed by atoms with Crippen LogP contribution in [0.5, 0.6) is 5.75 Å². The SMILES string of the molecule is COc1cc(C)c(N)cc1S(=O)(=O)NCC1CCC(O)C1. The quantitative estimate of drug-likeness (QED) is 0.705. The molecule has 1 aliphatic rings. The summed E-state index contributed by atoms with van der Waals surface area (Å²) in [7, 11) is -2.26. The molecule has 7 heteroatoms. The van der Waals surface area contributed by atoms with Gasteiger partial charge in [0.15, 0.2) is 0 Å². The van der Waals surface area contributed by atoms with Gasteiger partial charge in [-0.25, -0.2) is 13.1 Å². The van der Waals surface area contributed by atoms with Crippen LogP contribution in [0.1, 0.15) is 24.8 Å². The first-order chi connectivity index (χ1) is 9.83. The molecule has 6 nitrogen and oxygen atoms in total. The van der Waals surface area contributed by atoms with Gasteiger partial charge in [-0.05, 0) is 49.8 Å². The van der Waals surface area contributed by atoms with E-state index in [1.54, 1.807) is 13.0 Å². The molecule has 0 aliphatic heterocycles. The minimum absolute atomic E-state index is 0.0478. The lowest BCUT2D eigenvalue weighted by Gasteiger charge is -2.15. The van der Waals surface area contributed by atoms with E-state index in [4.69, 9.17) is 10.5 Å². The average Bonchev–Trinajstić information content (AvgIpc) is 2.85. The fourth-order valence-corrected chi connectivity index (χ4v) is 3.89. The van der Waals surface area contributed by atoms with Crippen LogP contribution in [0.3, 0.4) is 0 Å². The molecular formula is C14H22N2O4S. The minimum Gasteiger partial charge on any atom is -0.495 e. The number of nitrogens with two attached hydrogens (primary N) is 1. The number of nitrogen functional groups attached to an aromatic ring is 1. The topological polar surface area (TPSA) is 102 Å². The third-order valence-corrected chi connectivity index (χ3v) is 5.36. The third kappa shape index (κ3) is 3.66. The number of benzene rings is 1. The van der Waals surface area contributed by atoms with Gasteiger partial charge in [0.05, 0.1) is 13.2 Å². The Kier molecular flexibility index (Phi) is 4.75. The zero-order chi connectivity index (χ0) is 15.6. The van der Waals surface area contributed by atoms with E-state index in [0.29, 0.717) is 18.7 Å². The van der Waals surface area contributed by atoms with Crippen molar-refractivity contribution in [3.63, 3.8) is 0 Å². The van der Waals surface area contributed by atoms with Gasteiger partial charge < -0.3 is 15.6 Å². The van der Waals surface area contributed by atoms with Gasteiger partial charge in [0.1, 0.15) is 10.6 Å². The Morgan fingerprint density at radius 3 is 2.71 bits per heavy atom. The number of aryl methyl sites for hydroxylation is 1. The number of ether oxygens (including phenoxy) is 1. The van der Waals surface area contributed by atoms with Crippen LogP contribution in [0.15, 0.2) is 17.0 Å². The molecule has 0 saturated heterocycles. The van der Waals surface area contributed by atoms with E-state index in [1.165, 1.54) is 13.2 Å². The molecule has 2 rings (SSSR count). The highest BCUT2D eigenvalue weighted by Gasteiger charge is 2.26. The average molecular weight is 314 g/mol. The second kappa shape index (κ2) is 6.21. The highest BCUT2D eigenvalue weighted by molar-refractivity contribution is 7.89. The number of hydrogen-bond acceptors (Lipinski definition) is 5. The van der Waals surface area contributed by atoms with Crippen LogP contribution in [-0.4, -0.2) is 33.3 Å². The first-order valence-electron chi connectivity index (χ1n) is 6.95. The van der Waals surface area contributed by atoms with Crippen LogP contribution in [0.2, 0.25) is 0 Å². The number of aliphatic hydroxyl groups excluding tert-OH is 1. The first-order valence-corrected chi connectivity index (χ1v) is 8.43. The Bertz CT molecular complexity index is 616. The number of aliphatic hydroxyl groups is 1. The fraction of sp³-hybridized carbons (Fsp3) is 0.571. The summed E-state index contributed by atoms with van der Waals surface area (Å²) in [6.07, 6.45) is 1.88. The van der Waals surface area contributed by atoms with Crippen molar-refractivity contribution in [2.45, 2.75) is 37.2 Å². The molecule has 2 atom stereocenters. The second-order valence-corrected chi connectivity index (χ2v) is 7.28. The van der Waals surface area contributed by atoms with Gasteiger partial charge in [-0.15, -0.1) is 0 Å². The highest BCUT2D eigenvalue weighted by Crippen LogP contribution is 2.30. The van der Waals surface area contributed by atoms with Crippen molar-refractivity contribution in [2.24, 2.45) is 5.92 Å². The molecular weight excluding hydrogens is 292 g/mol. The Hall–Kier alpha value is -1.31. The van der Waals surface area contributed by atoms with Crippen molar-refractivity contribution in [1.82, 2.24) is 4.72 Å². The Morgan fingerprint density at radius 1 is 1.43 bits per heavy atom. The molecule has 21 heavy (non-hydrogen) atoms. The fourth-order valence-electron chi connectivity index (χ4n) is 2.59. The van der Waals surface area contributed by atoms with E-state index >= 15 is 0 Å². The lowest BCUT2D eigenvalue weighted by atomic mass is 10.1. The van der Waals surface area contributed by atoms with Gasteiger partial charge in [0, 0.05) is 12.2 Å². The van der Waals surface area contributed by atoms with E-state index in [-0.39, 0.29) is 22.7 Å². The van der Waals surface area contributed by atoms with Crippen LogP contribution in [0.4, 0.5) is 5.69 Å². The molecule has 4 N–H and O–H groups in total. The van der Waals surface area contributed by atoms with Gasteiger partial charge in [-0.2, -0.15) is 0 Å². The van der Waals surface area contributed by atoms with E-state index in [2.05, 4.69) is 4.72 Å². The molecule has 0 heterocycles. The Labute approximate surface area is 125 Å². The predicted molar refractivity (Wildman–Crippen MR) is 80.7 cm³/mol. The van der Waals surface area contributed by atoms with Crippen molar-refractivity contribution in [3.8, 4) is 5.75 Å². The van der Waals surface area contributed by atoms with Crippen molar-refractivity contribution in [3.05, 3.63) is 17.7 Å². The number of hydrogen-bond donors (Lipinski definition) is 3. The monoisotopic (exact) mass is 314 g/mol. The summed E-state index contributed by atoms with van der Waals surface area (Å²) in [6, 6.07) is 3.03. The molecule has 0 spiro atoms. The van der Waals surface area contributed by atoms with Crippen molar-refractivity contribution in [2.75, 3.05) is 19.4 Å². The normalized spacial score (nSPS) is 22.4. The summed E-state index contributed by atoms with van der Waals surface area (Å²) in [5, 5.41) is 9.48. The van der Waals surface area contributed by atoms with E-state index in [9.17, 15) is 13.5 Å². The summed E-state index contributed by atoms with van der Waals surface area (Å²) in [5.74, 6) is 0.448. The lowest BCUT2D eigenvalue weighted by Crippen LogP contribution is -2.29. The Morgan fingerprint density at radius 2 is 2.14 bits per heavy atom. The molecule has 2 unspecified atom stereocenters. The van der Waals surface area contributed by atoms with Crippen LogP contribution in [0, 0.1) is 12.8 Å². The molecule has 0 bridgehead atoms. The predicted octanol–water partition coefficient (Wildman–Crippen LogP) is 1.03. The highest BCUT2D eigenvalue weighted by atomic mass is 32.2. The van der Waals surface area contributed by atoms with E-state index in [0.717, 1.165) is 18.4 Å². The zero-order valence-electron chi connectivity index (χ0n) is 12.3. The molecule has 0 aromatic heterocycles. The molecule has 1 saturated carbocycles. The molecule has 118 valence electrons. The zero-order valence-corrected chi connectivity index (χ0v) is 13.1. The maximum atomic E-state index is 12.4. The number of nitrogens with one attached hydrogen (secondary N) is 1. The van der Waals surface area contributed by atoms with Crippen LogP contribution >= 0.6 is 0 Å². The van der Waals surface area contributed by atoms with Gasteiger partial charge in [0.25, 0.3) is 0 Å². The maximum Gasteiger partial charge on any atom is 0.244 e. The number of methoxy groups -OCH3 is 1. The van der Waals surface area contributed by atoms with E-state index in [1.807, 2.05) is 0 Å². The van der Waals surface area contributed by atoms with Crippen molar-refractivity contribution < 1.29 is 18.3 Å².